The van der Waals surface area contributed by atoms with Crippen molar-refractivity contribution in [1.29, 1.82) is 0 Å². The van der Waals surface area contributed by atoms with E-state index < -0.39 is 5.54 Å². The van der Waals surface area contributed by atoms with Crippen molar-refractivity contribution in [2.24, 2.45) is 4.99 Å². The molecule has 0 aromatic heterocycles. The number of nitrogens with zero attached hydrogens (tertiary/aromatic N) is 1. The van der Waals surface area contributed by atoms with Crippen molar-refractivity contribution >= 4 is 11.7 Å². The molecule has 0 fully saturated rings. The highest BCUT2D eigenvalue weighted by Gasteiger charge is 2.35. The van der Waals surface area contributed by atoms with E-state index in [4.69, 9.17) is 14.5 Å². The number of hydrogen-bond acceptors (Lipinski definition) is 4. The Morgan fingerprint density at radius 3 is 1.96 bits per heavy atom. The van der Waals surface area contributed by atoms with Crippen LogP contribution in [-0.2, 0) is 14.3 Å². The zero-order valence-corrected chi connectivity index (χ0v) is 15.1. The Balaban J connectivity index is 2.54. The Labute approximate surface area is 149 Å². The van der Waals surface area contributed by atoms with Crippen molar-refractivity contribution in [1.82, 2.24) is 0 Å². The van der Waals surface area contributed by atoms with E-state index in [1.54, 1.807) is 21.0 Å². The highest BCUT2D eigenvalue weighted by Crippen LogP contribution is 2.22. The molecule has 4 nitrogen and oxygen atoms in total. The Bertz CT molecular complexity index is 656. The van der Waals surface area contributed by atoms with Gasteiger partial charge in [0.25, 0.3) is 0 Å². The molecule has 1 unspecified atom stereocenters. The zero-order valence-electron chi connectivity index (χ0n) is 15.1. The van der Waals surface area contributed by atoms with Gasteiger partial charge in [-0.3, -0.25) is 4.99 Å². The fourth-order valence-corrected chi connectivity index (χ4v) is 2.53. The van der Waals surface area contributed by atoms with E-state index in [0.29, 0.717) is 19.6 Å². The number of methoxy groups -OCH3 is 1. The number of hydrogen-bond donors (Lipinski definition) is 0. The summed E-state index contributed by atoms with van der Waals surface area (Å²) in [6, 6.07) is 19.7. The predicted octanol–water partition coefficient (Wildman–Crippen LogP) is 3.88. The molecule has 0 spiro atoms. The average molecular weight is 339 g/mol. The van der Waals surface area contributed by atoms with Crippen LogP contribution in [0.5, 0.6) is 0 Å². The first-order valence-electron chi connectivity index (χ1n) is 8.47. The van der Waals surface area contributed by atoms with Crippen LogP contribution in [0.25, 0.3) is 0 Å². The quantitative estimate of drug-likeness (QED) is 0.542. The molecule has 0 aliphatic carbocycles. The number of benzene rings is 2. The molecular formula is C21H25NO3. The lowest BCUT2D eigenvalue weighted by atomic mass is 9.96. The van der Waals surface area contributed by atoms with Crippen molar-refractivity contribution in [2.75, 3.05) is 20.3 Å². The fourth-order valence-electron chi connectivity index (χ4n) is 2.53. The van der Waals surface area contributed by atoms with Crippen molar-refractivity contribution in [2.45, 2.75) is 25.8 Å². The monoisotopic (exact) mass is 339 g/mol. The van der Waals surface area contributed by atoms with E-state index in [9.17, 15) is 4.79 Å². The van der Waals surface area contributed by atoms with Gasteiger partial charge < -0.3 is 9.47 Å². The maximum atomic E-state index is 12.6. The minimum absolute atomic E-state index is 0.322. The van der Waals surface area contributed by atoms with Gasteiger partial charge in [-0.1, -0.05) is 60.7 Å². The first-order valence-corrected chi connectivity index (χ1v) is 8.47. The summed E-state index contributed by atoms with van der Waals surface area (Å²) in [5.41, 5.74) is 1.68. The van der Waals surface area contributed by atoms with Gasteiger partial charge >= 0.3 is 5.97 Å². The molecule has 0 N–H and O–H groups in total. The average Bonchev–Trinajstić information content (AvgIpc) is 2.66. The van der Waals surface area contributed by atoms with E-state index in [1.165, 1.54) is 0 Å². The van der Waals surface area contributed by atoms with Gasteiger partial charge in [-0.05, 0) is 13.8 Å². The summed E-state index contributed by atoms with van der Waals surface area (Å²) in [4.78, 5) is 17.5. The summed E-state index contributed by atoms with van der Waals surface area (Å²) in [5, 5.41) is 0. The summed E-state index contributed by atoms with van der Waals surface area (Å²) < 4.78 is 10.5. The summed E-state index contributed by atoms with van der Waals surface area (Å²) in [6.45, 7) is 4.35. The second kappa shape index (κ2) is 9.14. The van der Waals surface area contributed by atoms with Gasteiger partial charge in [0, 0.05) is 31.3 Å². The van der Waals surface area contributed by atoms with Crippen LogP contribution in [0.2, 0.25) is 0 Å². The first-order chi connectivity index (χ1) is 12.1. The summed E-state index contributed by atoms with van der Waals surface area (Å²) in [7, 11) is 1.62. The highest BCUT2D eigenvalue weighted by atomic mass is 16.5. The molecule has 2 aromatic rings. The van der Waals surface area contributed by atoms with E-state index in [2.05, 4.69) is 0 Å². The molecule has 0 amide bonds. The maximum absolute atomic E-state index is 12.6. The van der Waals surface area contributed by atoms with E-state index in [0.717, 1.165) is 16.8 Å². The summed E-state index contributed by atoms with van der Waals surface area (Å²) >= 11 is 0. The van der Waals surface area contributed by atoms with Crippen LogP contribution in [0.15, 0.2) is 65.7 Å². The number of esters is 1. The van der Waals surface area contributed by atoms with Crippen LogP contribution in [-0.4, -0.2) is 37.5 Å². The summed E-state index contributed by atoms with van der Waals surface area (Å²) in [6.07, 6.45) is 0.450. The van der Waals surface area contributed by atoms with Gasteiger partial charge in [-0.25, -0.2) is 4.79 Å². The SMILES string of the molecule is CCOC(=O)C(C)(CCOC)N=C(c1ccccc1)c1ccccc1. The molecule has 0 radical (unpaired) electrons. The molecule has 0 bridgehead atoms. The minimum atomic E-state index is -1.01. The van der Waals surface area contributed by atoms with Crippen LogP contribution in [0.4, 0.5) is 0 Å². The van der Waals surface area contributed by atoms with E-state index >= 15 is 0 Å². The number of carbonyl (C=O) groups excluding carboxylic acids is 1. The van der Waals surface area contributed by atoms with Crippen molar-refractivity contribution in [3.63, 3.8) is 0 Å². The van der Waals surface area contributed by atoms with Crippen molar-refractivity contribution < 1.29 is 14.3 Å². The van der Waals surface area contributed by atoms with E-state index in [1.807, 2.05) is 60.7 Å². The number of ether oxygens (including phenoxy) is 2. The third-order valence-electron chi connectivity index (χ3n) is 3.96. The highest BCUT2D eigenvalue weighted by molar-refractivity contribution is 6.13. The molecule has 25 heavy (non-hydrogen) atoms. The van der Waals surface area contributed by atoms with Crippen LogP contribution >= 0.6 is 0 Å². The normalized spacial score (nSPS) is 12.9. The third-order valence-corrected chi connectivity index (χ3v) is 3.96. The van der Waals surface area contributed by atoms with Gasteiger partial charge in [-0.15, -0.1) is 0 Å². The van der Waals surface area contributed by atoms with Gasteiger partial charge in [0.1, 0.15) is 0 Å². The lowest BCUT2D eigenvalue weighted by Gasteiger charge is -2.24. The van der Waals surface area contributed by atoms with Gasteiger partial charge in [0.15, 0.2) is 5.54 Å². The molecule has 0 aliphatic rings. The third kappa shape index (κ3) is 5.00. The lowest BCUT2D eigenvalue weighted by molar-refractivity contribution is -0.149. The van der Waals surface area contributed by atoms with E-state index in [-0.39, 0.29) is 5.97 Å². The smallest absolute Gasteiger partial charge is 0.333 e. The molecule has 0 saturated heterocycles. The second-order valence-corrected chi connectivity index (χ2v) is 5.93. The maximum Gasteiger partial charge on any atom is 0.333 e. The Hall–Kier alpha value is -2.46. The molecule has 2 aromatic carbocycles. The Morgan fingerprint density at radius 2 is 1.52 bits per heavy atom. The standard InChI is InChI=1S/C21H25NO3/c1-4-25-20(23)21(2,15-16-24-3)22-19(17-11-7-5-8-12-17)18-13-9-6-10-14-18/h5-14H,4,15-16H2,1-3H3. The predicted molar refractivity (Wildman–Crippen MR) is 100 cm³/mol. The lowest BCUT2D eigenvalue weighted by Crippen LogP contribution is -2.37. The van der Waals surface area contributed by atoms with Crippen LogP contribution in [0, 0.1) is 0 Å². The van der Waals surface area contributed by atoms with Gasteiger partial charge in [0.05, 0.1) is 12.3 Å². The molecule has 0 heterocycles. The molecule has 4 heteroatoms. The molecule has 1 atom stereocenters. The first kappa shape index (κ1) is 18.9. The minimum Gasteiger partial charge on any atom is -0.464 e. The fraction of sp³-hybridized carbons (Fsp3) is 0.333. The van der Waals surface area contributed by atoms with Crippen molar-refractivity contribution in [3.05, 3.63) is 71.8 Å². The zero-order chi connectivity index (χ0) is 18.1. The topological polar surface area (TPSA) is 47.9 Å². The largest absolute Gasteiger partial charge is 0.464 e. The van der Waals surface area contributed by atoms with Crippen molar-refractivity contribution in [3.8, 4) is 0 Å². The molecule has 2 rings (SSSR count). The summed E-state index contributed by atoms with van der Waals surface area (Å²) in [5.74, 6) is -0.337. The Kier molecular flexibility index (Phi) is 6.90. The van der Waals surface area contributed by atoms with Gasteiger partial charge in [0.2, 0.25) is 0 Å². The molecule has 0 saturated carbocycles. The molecular weight excluding hydrogens is 314 g/mol. The van der Waals surface area contributed by atoms with Crippen LogP contribution in [0.3, 0.4) is 0 Å². The van der Waals surface area contributed by atoms with Gasteiger partial charge in [-0.2, -0.15) is 0 Å². The number of carbonyl (C=O) groups is 1. The Morgan fingerprint density at radius 1 is 1.00 bits per heavy atom. The number of rotatable bonds is 8. The molecule has 132 valence electrons. The van der Waals surface area contributed by atoms with Crippen LogP contribution < -0.4 is 0 Å². The van der Waals surface area contributed by atoms with Crippen LogP contribution in [0.1, 0.15) is 31.4 Å². The molecule has 0 aliphatic heterocycles. The number of aliphatic imine (C=N–C) groups is 1. The second-order valence-electron chi connectivity index (χ2n) is 5.93.